The average molecular weight is 375 g/mol. The highest BCUT2D eigenvalue weighted by molar-refractivity contribution is 6.36. The zero-order chi connectivity index (χ0) is 17.6. The minimum atomic E-state index is -1.26. The minimum absolute atomic E-state index is 0.217. The van der Waals surface area contributed by atoms with Crippen LogP contribution >= 0.6 is 23.2 Å². The first kappa shape index (κ1) is 16.2. The van der Waals surface area contributed by atoms with E-state index >= 15 is 0 Å². The Balaban J connectivity index is 2.06. The van der Waals surface area contributed by atoms with Gasteiger partial charge in [-0.2, -0.15) is 0 Å². The Hall–Kier alpha value is -2.25. The summed E-state index contributed by atoms with van der Waals surface area (Å²) in [7, 11) is 0. The Bertz CT molecular complexity index is 1000. The number of halogens is 2. The van der Waals surface area contributed by atoms with Crippen molar-refractivity contribution >= 4 is 28.9 Å². The van der Waals surface area contributed by atoms with Gasteiger partial charge in [0.25, 0.3) is 0 Å². The molecule has 0 amide bonds. The minimum Gasteiger partial charge on any atom is -0.388 e. The van der Waals surface area contributed by atoms with Crippen LogP contribution in [0.2, 0.25) is 10.0 Å². The molecular formula is C17H12Cl2N4O2. The molecule has 1 aliphatic heterocycles. The summed E-state index contributed by atoms with van der Waals surface area (Å²) in [6, 6.07) is 12.4. The number of hydrogen-bond acceptors (Lipinski definition) is 5. The van der Waals surface area contributed by atoms with Crippen LogP contribution in [0.4, 0.5) is 0 Å². The monoisotopic (exact) mass is 374 g/mol. The van der Waals surface area contributed by atoms with Gasteiger partial charge in [-0.25, -0.2) is 4.99 Å². The van der Waals surface area contributed by atoms with Crippen molar-refractivity contribution in [1.29, 1.82) is 0 Å². The summed E-state index contributed by atoms with van der Waals surface area (Å²) in [6.45, 7) is -0.330. The summed E-state index contributed by atoms with van der Waals surface area (Å²) in [6.07, 6.45) is -1.26. The highest BCUT2D eigenvalue weighted by Gasteiger charge is 2.28. The van der Waals surface area contributed by atoms with Crippen molar-refractivity contribution < 1.29 is 10.2 Å². The van der Waals surface area contributed by atoms with E-state index in [1.54, 1.807) is 28.8 Å². The van der Waals surface area contributed by atoms with Crippen molar-refractivity contribution in [2.75, 3.05) is 0 Å². The molecule has 2 heterocycles. The normalized spacial score (nSPS) is 16.0. The van der Waals surface area contributed by atoms with E-state index in [4.69, 9.17) is 23.2 Å². The van der Waals surface area contributed by atoms with E-state index < -0.39 is 6.23 Å². The average Bonchev–Trinajstić information content (AvgIpc) is 2.99. The highest BCUT2D eigenvalue weighted by atomic mass is 35.5. The predicted octanol–water partition coefficient (Wildman–Crippen LogP) is 2.91. The molecule has 0 fully saturated rings. The maximum atomic E-state index is 10.5. The molecule has 0 saturated carbocycles. The zero-order valence-electron chi connectivity index (χ0n) is 12.8. The Morgan fingerprint density at radius 2 is 1.84 bits per heavy atom. The summed E-state index contributed by atoms with van der Waals surface area (Å²) < 4.78 is 1.59. The fourth-order valence-electron chi connectivity index (χ4n) is 2.87. The van der Waals surface area contributed by atoms with E-state index in [2.05, 4.69) is 15.2 Å². The van der Waals surface area contributed by atoms with Crippen molar-refractivity contribution in [3.05, 3.63) is 75.3 Å². The Kier molecular flexibility index (Phi) is 4.05. The molecular weight excluding hydrogens is 363 g/mol. The number of aliphatic imine (C=N–C) groups is 1. The van der Waals surface area contributed by atoms with Crippen LogP contribution < -0.4 is 0 Å². The van der Waals surface area contributed by atoms with Crippen LogP contribution in [0.5, 0.6) is 0 Å². The van der Waals surface area contributed by atoms with Gasteiger partial charge in [-0.3, -0.25) is 4.57 Å². The molecule has 2 N–H and O–H groups in total. The van der Waals surface area contributed by atoms with Gasteiger partial charge in [0.2, 0.25) is 6.23 Å². The molecule has 0 spiro atoms. The molecule has 1 atom stereocenters. The number of nitrogens with zero attached hydrogens (tertiary/aromatic N) is 4. The smallest absolute Gasteiger partial charge is 0.207 e. The second-order valence-corrected chi connectivity index (χ2v) is 6.30. The molecule has 8 heteroatoms. The second-order valence-electron chi connectivity index (χ2n) is 5.46. The number of aromatic nitrogens is 3. The largest absolute Gasteiger partial charge is 0.388 e. The third kappa shape index (κ3) is 2.63. The fraction of sp³-hybridized carbons (Fsp3) is 0.118. The molecule has 0 unspecified atom stereocenters. The van der Waals surface area contributed by atoms with Gasteiger partial charge < -0.3 is 10.2 Å². The van der Waals surface area contributed by atoms with E-state index in [0.29, 0.717) is 38.4 Å². The molecule has 6 nitrogen and oxygen atoms in total. The molecule has 4 rings (SSSR count). The number of benzene rings is 2. The van der Waals surface area contributed by atoms with Gasteiger partial charge >= 0.3 is 0 Å². The SMILES string of the molecule is OCc1nnc2n1-c1ccc(Cl)cc1C(c1ccccc1Cl)=N[C@H]2O. The van der Waals surface area contributed by atoms with Gasteiger partial charge in [-0.1, -0.05) is 41.4 Å². The summed E-state index contributed by atoms with van der Waals surface area (Å²) >= 11 is 12.5. The topological polar surface area (TPSA) is 83.5 Å². The summed E-state index contributed by atoms with van der Waals surface area (Å²) in [5.74, 6) is 0.517. The van der Waals surface area contributed by atoms with E-state index in [1.165, 1.54) is 0 Å². The van der Waals surface area contributed by atoms with Crippen LogP contribution in [0.1, 0.15) is 29.0 Å². The van der Waals surface area contributed by atoms with E-state index in [1.807, 2.05) is 18.2 Å². The van der Waals surface area contributed by atoms with Crippen molar-refractivity contribution in [3.63, 3.8) is 0 Å². The first-order chi connectivity index (χ1) is 12.1. The van der Waals surface area contributed by atoms with Gasteiger partial charge in [0.15, 0.2) is 11.6 Å². The molecule has 25 heavy (non-hydrogen) atoms. The van der Waals surface area contributed by atoms with Gasteiger partial charge in [0, 0.05) is 21.2 Å². The van der Waals surface area contributed by atoms with Gasteiger partial charge in [0.05, 0.1) is 11.4 Å². The highest BCUT2D eigenvalue weighted by Crippen LogP contribution is 2.33. The lowest BCUT2D eigenvalue weighted by Gasteiger charge is -2.13. The van der Waals surface area contributed by atoms with E-state index in [9.17, 15) is 10.2 Å². The first-order valence-corrected chi connectivity index (χ1v) is 8.22. The lowest BCUT2D eigenvalue weighted by Crippen LogP contribution is -2.10. The van der Waals surface area contributed by atoms with E-state index in [0.717, 1.165) is 0 Å². The molecule has 0 saturated heterocycles. The first-order valence-electron chi connectivity index (χ1n) is 7.46. The summed E-state index contributed by atoms with van der Waals surface area (Å²) in [4.78, 5) is 4.40. The van der Waals surface area contributed by atoms with Crippen LogP contribution in [0, 0.1) is 0 Å². The number of aliphatic hydroxyl groups excluding tert-OH is 2. The summed E-state index contributed by atoms with van der Waals surface area (Å²) in [5.41, 5.74) is 2.47. The molecule has 1 aromatic heterocycles. The third-order valence-electron chi connectivity index (χ3n) is 3.96. The zero-order valence-corrected chi connectivity index (χ0v) is 14.3. The predicted molar refractivity (Wildman–Crippen MR) is 94.3 cm³/mol. The maximum Gasteiger partial charge on any atom is 0.207 e. The van der Waals surface area contributed by atoms with Crippen molar-refractivity contribution in [2.45, 2.75) is 12.8 Å². The standard InChI is InChI=1S/C17H12Cl2N4O2/c18-9-5-6-13-11(7-9)15(10-3-1-2-4-12(10)19)20-17(25)16-22-21-14(8-24)23(13)16/h1-7,17,24-25H,8H2/t17-/m0/s1. The fourth-order valence-corrected chi connectivity index (χ4v) is 3.27. The van der Waals surface area contributed by atoms with E-state index in [-0.39, 0.29) is 12.4 Å². The van der Waals surface area contributed by atoms with Crippen LogP contribution in [0.15, 0.2) is 47.5 Å². The van der Waals surface area contributed by atoms with Gasteiger partial charge in [-0.05, 0) is 24.3 Å². The number of hydrogen-bond donors (Lipinski definition) is 2. The number of aliphatic hydroxyl groups is 2. The molecule has 0 aliphatic carbocycles. The molecule has 0 bridgehead atoms. The number of fused-ring (bicyclic) bond motifs is 3. The molecule has 3 aromatic rings. The van der Waals surface area contributed by atoms with Crippen LogP contribution in [0.25, 0.3) is 5.69 Å². The molecule has 2 aromatic carbocycles. The molecule has 1 aliphatic rings. The van der Waals surface area contributed by atoms with Crippen molar-refractivity contribution in [3.8, 4) is 5.69 Å². The summed E-state index contributed by atoms with van der Waals surface area (Å²) in [5, 5.41) is 29.0. The van der Waals surface area contributed by atoms with Crippen molar-refractivity contribution in [1.82, 2.24) is 14.8 Å². The third-order valence-corrected chi connectivity index (χ3v) is 4.53. The maximum absolute atomic E-state index is 10.5. The molecule has 0 radical (unpaired) electrons. The van der Waals surface area contributed by atoms with Crippen molar-refractivity contribution in [2.24, 2.45) is 4.99 Å². The van der Waals surface area contributed by atoms with Gasteiger partial charge in [0.1, 0.15) is 6.61 Å². The Morgan fingerprint density at radius 1 is 1.04 bits per heavy atom. The second kappa shape index (κ2) is 6.24. The lowest BCUT2D eigenvalue weighted by atomic mass is 10.0. The number of rotatable bonds is 2. The van der Waals surface area contributed by atoms with Crippen LogP contribution in [-0.2, 0) is 6.61 Å². The van der Waals surface area contributed by atoms with Gasteiger partial charge in [-0.15, -0.1) is 10.2 Å². The molecule has 126 valence electrons. The quantitative estimate of drug-likeness (QED) is 0.722. The Morgan fingerprint density at radius 3 is 2.60 bits per heavy atom. The van der Waals surface area contributed by atoms with Crippen LogP contribution in [-0.4, -0.2) is 30.7 Å². The lowest BCUT2D eigenvalue weighted by molar-refractivity contribution is 0.176. The van der Waals surface area contributed by atoms with Crippen LogP contribution in [0.3, 0.4) is 0 Å². The Labute approximate surface area is 153 Å².